The van der Waals surface area contributed by atoms with Crippen molar-refractivity contribution in [3.05, 3.63) is 176 Å². The molecule has 1 fully saturated rings. The predicted octanol–water partition coefficient (Wildman–Crippen LogP) is 9.31. The van der Waals surface area contributed by atoms with E-state index in [0.717, 1.165) is 59.6 Å². The van der Waals surface area contributed by atoms with Crippen LogP contribution in [0.3, 0.4) is 0 Å². The molecule has 16 heteroatoms. The van der Waals surface area contributed by atoms with Crippen LogP contribution in [0.5, 0.6) is 17.2 Å². The van der Waals surface area contributed by atoms with Gasteiger partial charge in [-0.1, -0.05) is 105 Å². The Morgan fingerprint density at radius 2 is 1.44 bits per heavy atom. The van der Waals surface area contributed by atoms with Gasteiger partial charge in [0.2, 0.25) is 0 Å². The number of unbranched alkanes of at least 4 members (excludes halogenated alkanes) is 5. The second-order valence-corrected chi connectivity index (χ2v) is 18.2. The van der Waals surface area contributed by atoms with E-state index in [1.807, 2.05) is 103 Å². The smallest absolute Gasteiger partial charge is 0.330 e. The lowest BCUT2D eigenvalue weighted by atomic mass is 9.80. The first-order valence-corrected chi connectivity index (χ1v) is 24.9. The summed E-state index contributed by atoms with van der Waals surface area (Å²) >= 11 is 6.34. The summed E-state index contributed by atoms with van der Waals surface area (Å²) in [5.41, 5.74) is 5.19. The van der Waals surface area contributed by atoms with Crippen molar-refractivity contribution in [1.82, 2.24) is 25.1 Å². The summed E-state index contributed by atoms with van der Waals surface area (Å²) in [5, 5.41) is 16.0. The highest BCUT2D eigenvalue weighted by Crippen LogP contribution is 2.43. The van der Waals surface area contributed by atoms with Gasteiger partial charge >= 0.3 is 5.69 Å². The number of hydrogen-bond donors (Lipinski definition) is 3. The number of benzene rings is 5. The molecule has 4 atom stereocenters. The Kier molecular flexibility index (Phi) is 17.5. The molecular formula is C56H62ClN5O10. The minimum atomic E-state index is -1.32. The molecule has 5 aromatic carbocycles. The van der Waals surface area contributed by atoms with E-state index in [-0.39, 0.29) is 12.4 Å². The molecule has 0 spiro atoms. The van der Waals surface area contributed by atoms with Crippen molar-refractivity contribution in [2.45, 2.75) is 88.4 Å². The van der Waals surface area contributed by atoms with Crippen molar-refractivity contribution in [2.75, 3.05) is 41.0 Å². The molecule has 2 aromatic heterocycles. The SMILES string of the molecule is CCCCCCN(NCCCCCC(=O)c1c2ccc(Cl)cc2nc2ccc(OC)cc12)O[C@@H]1[C@H](O)[C@@H](COC(c2ccccc2)(c2ccc(OC)cc2)c2ccc(OC)cc2)O[C@H]1n1ccc(=O)[nH]c1=O. The third-order valence-electron chi connectivity index (χ3n) is 13.1. The van der Waals surface area contributed by atoms with Crippen LogP contribution in [0.15, 0.2) is 137 Å². The van der Waals surface area contributed by atoms with Crippen LogP contribution < -0.4 is 30.9 Å². The lowest BCUT2D eigenvalue weighted by Gasteiger charge is -2.37. The van der Waals surface area contributed by atoms with Gasteiger partial charge in [-0.15, -0.1) is 5.17 Å². The van der Waals surface area contributed by atoms with Gasteiger partial charge in [-0.05, 0) is 90.6 Å². The molecule has 0 radical (unpaired) electrons. The first kappa shape index (κ1) is 51.9. The molecule has 0 aliphatic carbocycles. The van der Waals surface area contributed by atoms with Gasteiger partial charge < -0.3 is 28.8 Å². The van der Waals surface area contributed by atoms with Gasteiger partial charge in [0.25, 0.3) is 5.56 Å². The monoisotopic (exact) mass is 999 g/mol. The largest absolute Gasteiger partial charge is 0.497 e. The minimum Gasteiger partial charge on any atom is -0.497 e. The number of fused-ring (bicyclic) bond motifs is 2. The molecule has 72 heavy (non-hydrogen) atoms. The Morgan fingerprint density at radius 3 is 2.11 bits per heavy atom. The second kappa shape index (κ2) is 24.3. The van der Waals surface area contributed by atoms with Gasteiger partial charge in [-0.25, -0.2) is 15.2 Å². The van der Waals surface area contributed by atoms with Gasteiger partial charge in [0.1, 0.15) is 35.1 Å². The van der Waals surface area contributed by atoms with Crippen molar-refractivity contribution in [2.24, 2.45) is 0 Å². The van der Waals surface area contributed by atoms with Crippen molar-refractivity contribution in [3.63, 3.8) is 0 Å². The molecule has 378 valence electrons. The number of H-pyrrole nitrogens is 1. The Balaban J connectivity index is 1.01. The van der Waals surface area contributed by atoms with Crippen molar-refractivity contribution in [3.8, 4) is 17.2 Å². The fraction of sp³-hybridized carbons (Fsp3) is 0.357. The number of Topliss-reactive ketones (excluding diaryl/α,β-unsaturated/α-hetero) is 1. The minimum absolute atomic E-state index is 0.00289. The molecule has 0 bridgehead atoms. The van der Waals surface area contributed by atoms with E-state index in [9.17, 15) is 19.5 Å². The van der Waals surface area contributed by atoms with E-state index in [1.54, 1.807) is 38.6 Å². The van der Waals surface area contributed by atoms with Crippen LogP contribution in [0.1, 0.15) is 91.6 Å². The number of aromatic amines is 1. The normalized spacial score (nSPS) is 16.9. The summed E-state index contributed by atoms with van der Waals surface area (Å²) < 4.78 is 31.5. The zero-order valence-corrected chi connectivity index (χ0v) is 41.8. The maximum Gasteiger partial charge on any atom is 0.330 e. The average molecular weight is 1000 g/mol. The number of methoxy groups -OCH3 is 3. The number of carbonyl (C=O) groups is 1. The third-order valence-corrected chi connectivity index (χ3v) is 13.4. The topological polar surface area (TPSA) is 176 Å². The van der Waals surface area contributed by atoms with Gasteiger partial charge in [-0.3, -0.25) is 24.0 Å². The summed E-state index contributed by atoms with van der Waals surface area (Å²) in [6.45, 7) is 2.93. The summed E-state index contributed by atoms with van der Waals surface area (Å²) in [4.78, 5) is 53.5. The Hall–Kier alpha value is -6.43. The van der Waals surface area contributed by atoms with Crippen LogP contribution in [0, 0.1) is 0 Å². The number of carbonyl (C=O) groups excluding carboxylic acids is 1. The number of ether oxygens (including phenoxy) is 5. The number of nitrogens with zero attached hydrogens (tertiary/aromatic N) is 3. The zero-order chi connectivity index (χ0) is 50.6. The average Bonchev–Trinajstić information content (AvgIpc) is 3.70. The van der Waals surface area contributed by atoms with Gasteiger partial charge in [0, 0.05) is 53.1 Å². The van der Waals surface area contributed by atoms with Crippen molar-refractivity contribution in [1.29, 1.82) is 0 Å². The Labute approximate surface area is 423 Å². The molecule has 1 saturated heterocycles. The molecule has 0 amide bonds. The highest BCUT2D eigenvalue weighted by molar-refractivity contribution is 6.31. The third kappa shape index (κ3) is 11.7. The summed E-state index contributed by atoms with van der Waals surface area (Å²) in [7, 11) is 4.81. The molecule has 3 heterocycles. The lowest BCUT2D eigenvalue weighted by molar-refractivity contribution is -0.260. The van der Waals surface area contributed by atoms with E-state index in [2.05, 4.69) is 17.3 Å². The lowest BCUT2D eigenvalue weighted by Crippen LogP contribution is -2.48. The maximum absolute atomic E-state index is 14.0. The van der Waals surface area contributed by atoms with Crippen LogP contribution in [-0.2, 0) is 19.9 Å². The number of aromatic nitrogens is 3. The van der Waals surface area contributed by atoms with Crippen LogP contribution in [0.2, 0.25) is 5.02 Å². The maximum atomic E-state index is 14.0. The fourth-order valence-electron chi connectivity index (χ4n) is 9.34. The molecule has 1 aliphatic rings. The quantitative estimate of drug-likeness (QED) is 0.0163. The van der Waals surface area contributed by atoms with E-state index in [4.69, 9.17) is 45.1 Å². The first-order chi connectivity index (χ1) is 35.1. The predicted molar refractivity (Wildman–Crippen MR) is 277 cm³/mol. The van der Waals surface area contributed by atoms with Crippen molar-refractivity contribution < 1.29 is 38.4 Å². The highest BCUT2D eigenvalue weighted by atomic mass is 35.5. The van der Waals surface area contributed by atoms with Crippen LogP contribution >= 0.6 is 11.6 Å². The Morgan fingerprint density at radius 1 is 0.778 bits per heavy atom. The number of hydrazine groups is 1. The van der Waals surface area contributed by atoms with E-state index < -0.39 is 41.4 Å². The summed E-state index contributed by atoms with van der Waals surface area (Å²) in [6.07, 6.45) is 2.85. The standard InChI is InChI=1S/C56H62ClN5O10/c1-5-6-7-14-32-62(58-31-13-9-12-17-48(63)51-44-28-22-40(57)34-47(44)59-46-29-27-43(69-4)35-45(46)51)72-53-52(65)49(71-54(53)61-33-30-50(64)60-55(61)66)36-70-56(37-15-10-8-11-16-37,38-18-23-41(67-2)24-19-38)39-20-25-42(68-3)26-21-39/h8,10-11,15-16,18-30,33-35,49,52-54,58,65H,5-7,9,12-14,17,31-32,36H2,1-4H3,(H,60,64,66)/t49-,52-,53-,54-/m1/s1. The summed E-state index contributed by atoms with van der Waals surface area (Å²) in [6, 6.07) is 37.1. The number of pyridine rings is 1. The van der Waals surface area contributed by atoms with E-state index in [0.29, 0.717) is 71.2 Å². The molecule has 15 nitrogen and oxygen atoms in total. The van der Waals surface area contributed by atoms with Crippen LogP contribution in [0.4, 0.5) is 0 Å². The molecule has 8 rings (SSSR count). The Bertz CT molecular complexity index is 2980. The number of halogens is 1. The number of rotatable bonds is 25. The van der Waals surface area contributed by atoms with Gasteiger partial charge in [-0.2, -0.15) is 0 Å². The van der Waals surface area contributed by atoms with Gasteiger partial charge in [0.05, 0.1) is 39.0 Å². The number of aliphatic hydroxyl groups excluding tert-OH is 1. The summed E-state index contributed by atoms with van der Waals surface area (Å²) in [5.74, 6) is 1.97. The van der Waals surface area contributed by atoms with E-state index >= 15 is 0 Å². The fourth-order valence-corrected chi connectivity index (χ4v) is 9.51. The molecule has 1 aliphatic heterocycles. The van der Waals surface area contributed by atoms with Crippen molar-refractivity contribution >= 4 is 39.2 Å². The van der Waals surface area contributed by atoms with Crippen LogP contribution in [0.25, 0.3) is 21.8 Å². The van der Waals surface area contributed by atoms with E-state index in [1.165, 1.54) is 16.8 Å². The van der Waals surface area contributed by atoms with Gasteiger partial charge in [0.15, 0.2) is 18.1 Å². The molecule has 7 aromatic rings. The number of ketones is 1. The second-order valence-electron chi connectivity index (χ2n) is 17.8. The number of hydrogen-bond acceptors (Lipinski definition) is 13. The highest BCUT2D eigenvalue weighted by Gasteiger charge is 2.49. The zero-order valence-electron chi connectivity index (χ0n) is 41.1. The molecule has 0 saturated carbocycles. The molecule has 3 N–H and O–H groups in total. The van der Waals surface area contributed by atoms with Crippen LogP contribution in [-0.4, -0.2) is 89.9 Å². The first-order valence-electron chi connectivity index (χ1n) is 24.5. The number of nitrogens with one attached hydrogen (secondary N) is 2. The molecular weight excluding hydrogens is 938 g/mol. The molecule has 0 unspecified atom stereocenters. The number of aliphatic hydroxyl groups is 1. The number of hydroxylamine groups is 1.